The minimum absolute atomic E-state index is 0.108. The van der Waals surface area contributed by atoms with Gasteiger partial charge in [-0.15, -0.1) is 0 Å². The second-order valence-electron chi connectivity index (χ2n) is 31.8. The van der Waals surface area contributed by atoms with Crippen LogP contribution in [0.2, 0.25) is 0 Å². The summed E-state index contributed by atoms with van der Waals surface area (Å²) in [5, 5.41) is 10.7. The van der Waals surface area contributed by atoms with Crippen molar-refractivity contribution in [3.8, 4) is 0 Å². The lowest BCUT2D eigenvalue weighted by Crippen LogP contribution is -2.30. The number of hydrogen-bond acceptors (Lipinski definition) is 15. The van der Waals surface area contributed by atoms with Crippen LogP contribution in [0.4, 0.5) is 0 Å². The fraction of sp³-hybridized carbons (Fsp3) is 0.954. The molecule has 0 aliphatic heterocycles. The van der Waals surface area contributed by atoms with E-state index in [0.717, 1.165) is 95.8 Å². The van der Waals surface area contributed by atoms with Gasteiger partial charge in [-0.2, -0.15) is 0 Å². The zero-order valence-corrected chi connectivity index (χ0v) is 71.4. The fourth-order valence-corrected chi connectivity index (χ4v) is 15.2. The van der Waals surface area contributed by atoms with Crippen molar-refractivity contribution in [2.45, 2.75) is 490 Å². The van der Waals surface area contributed by atoms with E-state index >= 15 is 0 Å². The number of ether oxygens (including phenoxy) is 4. The van der Waals surface area contributed by atoms with Gasteiger partial charge in [-0.3, -0.25) is 37.3 Å². The van der Waals surface area contributed by atoms with Gasteiger partial charge in [0, 0.05) is 25.7 Å². The number of aliphatic hydroxyl groups is 1. The highest BCUT2D eigenvalue weighted by molar-refractivity contribution is 7.47. The third-order valence-electron chi connectivity index (χ3n) is 20.5. The van der Waals surface area contributed by atoms with Gasteiger partial charge in [0.25, 0.3) is 0 Å². The Kier molecular flexibility index (Phi) is 78.2. The van der Waals surface area contributed by atoms with E-state index in [9.17, 15) is 43.2 Å². The highest BCUT2D eigenvalue weighted by atomic mass is 31.2. The molecule has 0 fully saturated rings. The Morgan fingerprint density at radius 1 is 0.255 bits per heavy atom. The van der Waals surface area contributed by atoms with Gasteiger partial charge in [0.15, 0.2) is 12.2 Å². The second kappa shape index (κ2) is 79.7. The van der Waals surface area contributed by atoms with E-state index in [1.807, 2.05) is 0 Å². The monoisotopic (exact) mass is 1550 g/mol. The van der Waals surface area contributed by atoms with E-state index in [0.29, 0.717) is 25.7 Å². The summed E-state index contributed by atoms with van der Waals surface area (Å²) in [4.78, 5) is 73.3. The van der Waals surface area contributed by atoms with E-state index in [2.05, 4.69) is 34.6 Å². The number of carbonyl (C=O) groups excluding carboxylic acids is 4. The van der Waals surface area contributed by atoms with Gasteiger partial charge in [-0.1, -0.05) is 420 Å². The Morgan fingerprint density at radius 3 is 0.642 bits per heavy atom. The number of hydrogen-bond donors (Lipinski definition) is 3. The third kappa shape index (κ3) is 80.1. The molecule has 0 heterocycles. The van der Waals surface area contributed by atoms with Gasteiger partial charge < -0.3 is 33.8 Å². The second-order valence-corrected chi connectivity index (χ2v) is 34.7. The molecule has 0 rings (SSSR count). The molecule has 2 unspecified atom stereocenters. The minimum Gasteiger partial charge on any atom is -0.462 e. The maximum Gasteiger partial charge on any atom is 0.472 e. The zero-order valence-electron chi connectivity index (χ0n) is 69.6. The highest BCUT2D eigenvalue weighted by Gasteiger charge is 2.30. The number of rotatable bonds is 87. The number of unbranched alkanes of at least 4 members (excludes halogenated alkanes) is 59. The SMILES string of the molecule is CCCCCCCCCCCCCCCCCCCCCC(=O)OC[C@H](COP(=O)(O)OC[C@@H](O)COP(=O)(O)OC[C@@H](COC(=O)CCCCCCCCCCCCCC)OC(=O)CCCCCCCCCCCCCCCC(C)C)OC(=O)CCCCCCCCCCCCCCCCCCCCC. The van der Waals surface area contributed by atoms with E-state index in [-0.39, 0.29) is 25.7 Å². The van der Waals surface area contributed by atoms with Gasteiger partial charge in [-0.05, 0) is 31.6 Å². The largest absolute Gasteiger partial charge is 0.472 e. The Morgan fingerprint density at radius 2 is 0.434 bits per heavy atom. The maximum atomic E-state index is 13.2. The summed E-state index contributed by atoms with van der Waals surface area (Å²) in [6, 6.07) is 0. The van der Waals surface area contributed by atoms with Crippen molar-refractivity contribution in [2.75, 3.05) is 39.6 Å². The fourth-order valence-electron chi connectivity index (χ4n) is 13.6. The molecule has 3 N–H and O–H groups in total. The molecule has 0 amide bonds. The number of esters is 4. The topological polar surface area (TPSA) is 237 Å². The van der Waals surface area contributed by atoms with Crippen molar-refractivity contribution in [3.63, 3.8) is 0 Å². The minimum atomic E-state index is -4.97. The molecular weight excluding hydrogens is 1380 g/mol. The zero-order chi connectivity index (χ0) is 77.6. The smallest absolute Gasteiger partial charge is 0.462 e. The lowest BCUT2D eigenvalue weighted by Gasteiger charge is -2.21. The Hall–Kier alpha value is -1.94. The van der Waals surface area contributed by atoms with E-state index in [1.54, 1.807) is 0 Å². The van der Waals surface area contributed by atoms with Crippen LogP contribution in [0.25, 0.3) is 0 Å². The summed E-state index contributed by atoms with van der Waals surface area (Å²) in [6.45, 7) is 7.39. The molecule has 0 aromatic rings. The highest BCUT2D eigenvalue weighted by Crippen LogP contribution is 2.45. The maximum absolute atomic E-state index is 13.2. The summed E-state index contributed by atoms with van der Waals surface area (Å²) in [6.07, 6.45) is 73.5. The average molecular weight is 1550 g/mol. The van der Waals surface area contributed by atoms with Gasteiger partial charge in [0.1, 0.15) is 19.3 Å². The summed E-state index contributed by atoms with van der Waals surface area (Å²) < 4.78 is 69.0. The van der Waals surface area contributed by atoms with Crippen molar-refractivity contribution in [2.24, 2.45) is 5.92 Å². The van der Waals surface area contributed by atoms with Crippen molar-refractivity contribution in [3.05, 3.63) is 0 Å². The first-order chi connectivity index (χ1) is 51.5. The van der Waals surface area contributed by atoms with Gasteiger partial charge >= 0.3 is 39.5 Å². The number of phosphoric acid groups is 2. The normalized spacial score (nSPS) is 13.7. The first-order valence-corrected chi connectivity index (χ1v) is 48.1. The Labute approximate surface area is 651 Å². The van der Waals surface area contributed by atoms with Crippen LogP contribution in [0.3, 0.4) is 0 Å². The van der Waals surface area contributed by atoms with Crippen molar-refractivity contribution in [1.29, 1.82) is 0 Å². The lowest BCUT2D eigenvalue weighted by atomic mass is 10.0. The van der Waals surface area contributed by atoms with Crippen LogP contribution in [0, 0.1) is 5.92 Å². The Balaban J connectivity index is 5.25. The number of phosphoric ester groups is 2. The van der Waals surface area contributed by atoms with Crippen LogP contribution in [0.15, 0.2) is 0 Å². The molecule has 19 heteroatoms. The van der Waals surface area contributed by atoms with Crippen molar-refractivity contribution in [1.82, 2.24) is 0 Å². The van der Waals surface area contributed by atoms with Crippen LogP contribution in [-0.4, -0.2) is 96.7 Å². The molecule has 0 saturated heterocycles. The third-order valence-corrected chi connectivity index (χ3v) is 22.4. The van der Waals surface area contributed by atoms with E-state index < -0.39 is 97.5 Å². The van der Waals surface area contributed by atoms with Crippen LogP contribution in [0.1, 0.15) is 471 Å². The quantitative estimate of drug-likeness (QED) is 0.0222. The molecule has 0 radical (unpaired) electrons. The molecule has 0 aromatic heterocycles. The predicted octanol–water partition coefficient (Wildman–Crippen LogP) is 26.8. The van der Waals surface area contributed by atoms with E-state index in [4.69, 9.17) is 37.0 Å². The summed E-state index contributed by atoms with van der Waals surface area (Å²) in [5.41, 5.74) is 0. The molecule has 0 spiro atoms. The Bertz CT molecular complexity index is 2010. The van der Waals surface area contributed by atoms with Crippen molar-refractivity contribution < 1.29 is 80.2 Å². The van der Waals surface area contributed by atoms with Gasteiger partial charge in [-0.25, -0.2) is 9.13 Å². The van der Waals surface area contributed by atoms with Crippen LogP contribution in [-0.2, 0) is 65.4 Å². The first kappa shape index (κ1) is 104. The molecule has 5 atom stereocenters. The molecule has 0 aliphatic rings. The molecule has 630 valence electrons. The van der Waals surface area contributed by atoms with Crippen molar-refractivity contribution >= 4 is 39.5 Å². The number of carbonyl (C=O) groups is 4. The summed E-state index contributed by atoms with van der Waals surface area (Å²) >= 11 is 0. The molecule has 106 heavy (non-hydrogen) atoms. The van der Waals surface area contributed by atoms with Crippen LogP contribution < -0.4 is 0 Å². The molecule has 0 bridgehead atoms. The summed E-state index contributed by atoms with van der Waals surface area (Å²) in [5.74, 6) is -1.31. The van der Waals surface area contributed by atoms with E-state index in [1.165, 1.54) is 295 Å². The molecular formula is C87H170O17P2. The molecule has 0 aliphatic carbocycles. The standard InChI is InChI=1S/C87H170O17P2/c1-6-9-12-15-18-21-24-27-29-31-33-35-37-41-46-51-56-61-66-71-85(90)98-77-83(103-86(91)72-67-62-57-52-47-42-38-36-34-32-30-28-25-22-19-16-13-10-7-2)79-102-106(95,96)100-75-81(88)74-99-105(93,94)101-78-82(76-97-84(89)70-65-60-55-50-45-26-23-20-17-14-11-8-3)104-87(92)73-68-63-58-53-48-43-39-40-44-49-54-59-64-69-80(4)5/h80-83,88H,6-79H2,1-5H3,(H,93,94)(H,95,96)/t81-,82+,83+/m0/s1. The molecule has 0 aromatic carbocycles. The van der Waals surface area contributed by atoms with Gasteiger partial charge in [0.2, 0.25) is 0 Å². The summed E-state index contributed by atoms with van der Waals surface area (Å²) in [7, 11) is -9.93. The average Bonchev–Trinajstić information content (AvgIpc) is 0.906. The lowest BCUT2D eigenvalue weighted by molar-refractivity contribution is -0.161. The molecule has 0 saturated carbocycles. The van der Waals surface area contributed by atoms with Crippen LogP contribution >= 0.6 is 15.6 Å². The first-order valence-electron chi connectivity index (χ1n) is 45.1. The van der Waals surface area contributed by atoms with Gasteiger partial charge in [0.05, 0.1) is 26.4 Å². The predicted molar refractivity (Wildman–Crippen MR) is 437 cm³/mol. The number of aliphatic hydroxyl groups excluding tert-OH is 1. The van der Waals surface area contributed by atoms with Crippen LogP contribution in [0.5, 0.6) is 0 Å². The molecule has 17 nitrogen and oxygen atoms in total.